The van der Waals surface area contributed by atoms with Crippen molar-refractivity contribution in [2.75, 3.05) is 50.4 Å². The van der Waals surface area contributed by atoms with Crippen LogP contribution >= 0.6 is 22.6 Å². The summed E-state index contributed by atoms with van der Waals surface area (Å²) in [6.07, 6.45) is 14.7. The summed E-state index contributed by atoms with van der Waals surface area (Å²) in [5.74, 6) is 3.51. The van der Waals surface area contributed by atoms with E-state index in [0.717, 1.165) is 47.9 Å². The first-order valence-corrected chi connectivity index (χ1v) is 20.7. The Morgan fingerprint density at radius 1 is 0.702 bits per heavy atom. The Balaban J connectivity index is 0.000000154. The van der Waals surface area contributed by atoms with Gasteiger partial charge in [0.25, 0.3) is 0 Å². The van der Waals surface area contributed by atoms with Gasteiger partial charge in [-0.25, -0.2) is 0 Å². The second-order valence-corrected chi connectivity index (χ2v) is 17.2. The number of alkyl halides is 1. The normalized spacial score (nSPS) is 33.2. The molecule has 0 bridgehead atoms. The quantitative estimate of drug-likeness (QED) is 0.205. The molecule has 0 spiro atoms. The van der Waals surface area contributed by atoms with Crippen LogP contribution in [0, 0.1) is 37.5 Å². The molecule has 2 aromatic carbocycles. The molecule has 4 saturated carbocycles. The summed E-state index contributed by atoms with van der Waals surface area (Å²) >= 11 is 2.36. The summed E-state index contributed by atoms with van der Waals surface area (Å²) in [5, 5.41) is 3.46. The maximum atomic E-state index is 6.11. The topological polar surface area (TPSA) is 33.7 Å². The molecule has 4 nitrogen and oxygen atoms in total. The van der Waals surface area contributed by atoms with E-state index < -0.39 is 0 Å². The zero-order valence-electron chi connectivity index (χ0n) is 30.0. The number of hydrogen-bond donors (Lipinski definition) is 1. The fraction of sp³-hybridized carbons (Fsp3) is 0.714. The van der Waals surface area contributed by atoms with E-state index in [0.29, 0.717) is 23.0 Å². The molecular formula is C42H65IN2O2. The molecule has 0 amide bonds. The van der Waals surface area contributed by atoms with E-state index in [1.807, 2.05) is 0 Å². The van der Waals surface area contributed by atoms with Gasteiger partial charge in [-0.15, -0.1) is 0 Å². The van der Waals surface area contributed by atoms with Crippen LogP contribution in [0.25, 0.3) is 0 Å². The first-order chi connectivity index (χ1) is 22.8. The molecule has 8 rings (SSSR count). The van der Waals surface area contributed by atoms with E-state index in [1.165, 1.54) is 102 Å². The number of ether oxygens (including phenoxy) is 2. The van der Waals surface area contributed by atoms with Crippen molar-refractivity contribution in [3.8, 4) is 0 Å². The number of hydrogen-bond acceptors (Lipinski definition) is 4. The van der Waals surface area contributed by atoms with Crippen LogP contribution in [0.5, 0.6) is 0 Å². The summed E-state index contributed by atoms with van der Waals surface area (Å²) in [5.41, 5.74) is 6.82. The Kier molecular flexibility index (Phi) is 12.5. The summed E-state index contributed by atoms with van der Waals surface area (Å²) in [7, 11) is 0. The fourth-order valence-corrected chi connectivity index (χ4v) is 10.0. The van der Waals surface area contributed by atoms with Gasteiger partial charge in [0.05, 0.1) is 25.4 Å². The van der Waals surface area contributed by atoms with Gasteiger partial charge in [-0.1, -0.05) is 135 Å². The lowest BCUT2D eigenvalue weighted by atomic mass is 9.91. The second kappa shape index (κ2) is 16.4. The number of nitrogens with one attached hydrogen (secondary N) is 1. The highest BCUT2D eigenvalue weighted by Gasteiger charge is 2.65. The molecule has 4 aliphatic carbocycles. The van der Waals surface area contributed by atoms with E-state index in [4.69, 9.17) is 9.47 Å². The number of benzene rings is 2. The molecule has 2 saturated heterocycles. The Labute approximate surface area is 302 Å². The number of likely N-dealkylation sites (tertiary alicyclic amines) is 1. The molecule has 0 aromatic heterocycles. The lowest BCUT2D eigenvalue weighted by Crippen LogP contribution is -2.33. The average molecular weight is 757 g/mol. The van der Waals surface area contributed by atoms with Crippen molar-refractivity contribution in [2.45, 2.75) is 115 Å². The van der Waals surface area contributed by atoms with Crippen LogP contribution in [0.2, 0.25) is 0 Å². The molecule has 2 heterocycles. The SMILES string of the molecule is Cc1cccc(C2(C)C3CN(CCOC4CCCCC4)CC32)c1.Cc1cccc(C2(C)C3CNCC32)c1.ICCOC1CCCCC1.[HH]. The van der Waals surface area contributed by atoms with Crippen molar-refractivity contribution in [2.24, 2.45) is 23.7 Å². The number of piperidine rings is 2. The van der Waals surface area contributed by atoms with Crippen molar-refractivity contribution in [1.82, 2.24) is 10.2 Å². The highest BCUT2D eigenvalue weighted by molar-refractivity contribution is 14.1. The van der Waals surface area contributed by atoms with E-state index in [9.17, 15) is 0 Å². The number of fused-ring (bicyclic) bond motifs is 2. The van der Waals surface area contributed by atoms with Gasteiger partial charge in [0, 0.05) is 36.3 Å². The van der Waals surface area contributed by atoms with E-state index in [-0.39, 0.29) is 1.43 Å². The molecule has 6 fully saturated rings. The van der Waals surface area contributed by atoms with Gasteiger partial charge in [0.1, 0.15) is 0 Å². The zero-order valence-corrected chi connectivity index (χ0v) is 32.1. The third-order valence-electron chi connectivity index (χ3n) is 13.0. The lowest BCUT2D eigenvalue weighted by Gasteiger charge is -2.26. The fourth-order valence-electron chi connectivity index (χ4n) is 9.79. The van der Waals surface area contributed by atoms with Crippen LogP contribution in [0.15, 0.2) is 48.5 Å². The minimum absolute atomic E-state index is 0. The van der Waals surface area contributed by atoms with E-state index >= 15 is 0 Å². The molecule has 1 N–H and O–H groups in total. The highest BCUT2D eigenvalue weighted by atomic mass is 127. The first kappa shape index (κ1) is 35.8. The maximum Gasteiger partial charge on any atom is 0.0597 e. The molecule has 0 radical (unpaired) electrons. The van der Waals surface area contributed by atoms with Gasteiger partial charge in [0.15, 0.2) is 0 Å². The van der Waals surface area contributed by atoms with Crippen LogP contribution in [-0.2, 0) is 20.3 Å². The van der Waals surface area contributed by atoms with Crippen molar-refractivity contribution < 1.29 is 10.9 Å². The lowest BCUT2D eigenvalue weighted by molar-refractivity contribution is 0.0169. The van der Waals surface area contributed by atoms with Crippen molar-refractivity contribution in [3.05, 3.63) is 70.8 Å². The summed E-state index contributed by atoms with van der Waals surface area (Å²) in [6.45, 7) is 17.3. The predicted octanol–water partition coefficient (Wildman–Crippen LogP) is 9.28. The van der Waals surface area contributed by atoms with Crippen LogP contribution in [0.4, 0.5) is 0 Å². The predicted molar refractivity (Wildman–Crippen MR) is 207 cm³/mol. The van der Waals surface area contributed by atoms with Crippen molar-refractivity contribution in [1.29, 1.82) is 0 Å². The third-order valence-corrected chi connectivity index (χ3v) is 13.5. The Bertz CT molecular complexity index is 1260. The first-order valence-electron chi connectivity index (χ1n) is 19.2. The van der Waals surface area contributed by atoms with Gasteiger partial charge >= 0.3 is 0 Å². The number of nitrogens with zero attached hydrogens (tertiary/aromatic N) is 1. The zero-order chi connectivity index (χ0) is 32.9. The molecule has 5 heteroatoms. The smallest absolute Gasteiger partial charge is 0.0597 e. The van der Waals surface area contributed by atoms with Gasteiger partial charge in [0.2, 0.25) is 0 Å². The summed E-state index contributed by atoms with van der Waals surface area (Å²) in [4.78, 5) is 2.63. The van der Waals surface area contributed by atoms with E-state index in [2.05, 4.69) is 109 Å². The number of aryl methyl sites for hydroxylation is 2. The molecule has 4 atom stereocenters. The third kappa shape index (κ3) is 8.49. The van der Waals surface area contributed by atoms with Gasteiger partial charge in [-0.3, -0.25) is 0 Å². The maximum absolute atomic E-state index is 6.11. The van der Waals surface area contributed by atoms with E-state index in [1.54, 1.807) is 11.1 Å². The second-order valence-electron chi connectivity index (χ2n) is 16.1. The molecule has 4 unspecified atom stereocenters. The molecule has 262 valence electrons. The number of halogens is 1. The standard InChI is InChI=1S/C21H31NO.C13H17N.C8H15IO.H2/c1-16-7-6-8-17(13-16)21(2)19-14-22(15-20(19)21)11-12-23-18-9-4-3-5-10-18;1-9-4-3-5-10(6-9)13(2)11-7-14-8-12(11)13;9-6-7-10-8-4-2-1-3-5-8;/h6-8,13,18-20H,3-5,9-12,14-15H2,1-2H3;3-6,11-12,14H,7-8H2,1-2H3;8H,1-7H2;1H. The molecule has 2 aromatic rings. The van der Waals surface area contributed by atoms with Crippen molar-refractivity contribution >= 4 is 22.6 Å². The minimum Gasteiger partial charge on any atom is -0.377 e. The van der Waals surface area contributed by atoms with Crippen LogP contribution in [0.1, 0.15) is 102 Å². The molecular weight excluding hydrogens is 691 g/mol. The average Bonchev–Trinajstić information content (AvgIpc) is 3.56. The summed E-state index contributed by atoms with van der Waals surface area (Å²) < 4.78 is 12.9. The molecule has 2 aliphatic heterocycles. The largest absolute Gasteiger partial charge is 0.377 e. The molecule has 47 heavy (non-hydrogen) atoms. The van der Waals surface area contributed by atoms with Crippen LogP contribution in [-0.4, -0.2) is 67.5 Å². The van der Waals surface area contributed by atoms with Crippen molar-refractivity contribution in [3.63, 3.8) is 0 Å². The molecule has 6 aliphatic rings. The Morgan fingerprint density at radius 3 is 1.64 bits per heavy atom. The van der Waals surface area contributed by atoms with Gasteiger partial charge in [-0.2, -0.15) is 0 Å². The monoisotopic (exact) mass is 756 g/mol. The Morgan fingerprint density at radius 2 is 1.17 bits per heavy atom. The number of rotatable bonds is 9. The Hall–Kier alpha value is -0.990. The van der Waals surface area contributed by atoms with Gasteiger partial charge in [-0.05, 0) is 87.4 Å². The minimum atomic E-state index is 0. The highest BCUT2D eigenvalue weighted by Crippen LogP contribution is 2.63. The van der Waals surface area contributed by atoms with Gasteiger partial charge < -0.3 is 19.7 Å². The van der Waals surface area contributed by atoms with Crippen LogP contribution in [0.3, 0.4) is 0 Å². The van der Waals surface area contributed by atoms with Crippen LogP contribution < -0.4 is 5.32 Å². The summed E-state index contributed by atoms with van der Waals surface area (Å²) in [6, 6.07) is 18.2.